The van der Waals surface area contributed by atoms with Crippen molar-refractivity contribution in [3.63, 3.8) is 0 Å². The minimum atomic E-state index is -0.782. The normalized spacial score (nSPS) is 23.0. The number of carboxylic acids is 1. The van der Waals surface area contributed by atoms with Crippen LogP contribution in [-0.2, 0) is 9.59 Å². The molecule has 1 amide bonds. The monoisotopic (exact) mass is 254 g/mol. The molecule has 0 aromatic carbocycles. The molecule has 1 N–H and O–H groups in total. The van der Waals surface area contributed by atoms with Crippen molar-refractivity contribution >= 4 is 11.9 Å². The molecule has 2 fully saturated rings. The number of piperidine rings is 2. The van der Waals surface area contributed by atoms with Crippen LogP contribution in [-0.4, -0.2) is 59.5 Å². The highest BCUT2D eigenvalue weighted by Crippen LogP contribution is 2.21. The number of nitrogens with zero attached hydrogens (tertiary/aromatic N) is 2. The molecule has 0 radical (unpaired) electrons. The molecule has 2 aliphatic rings. The lowest BCUT2D eigenvalue weighted by Gasteiger charge is -2.35. The zero-order chi connectivity index (χ0) is 13.0. The Hall–Kier alpha value is -1.10. The van der Waals surface area contributed by atoms with Gasteiger partial charge in [-0.1, -0.05) is 0 Å². The summed E-state index contributed by atoms with van der Waals surface area (Å²) in [6.07, 6.45) is 5.11. The molecule has 0 saturated carbocycles. The Kier molecular flexibility index (Phi) is 4.58. The van der Waals surface area contributed by atoms with E-state index in [0.29, 0.717) is 5.91 Å². The fraction of sp³-hybridized carbons (Fsp3) is 0.846. The molecule has 5 heteroatoms. The topological polar surface area (TPSA) is 60.9 Å². The minimum absolute atomic E-state index is 0.102. The van der Waals surface area contributed by atoms with Gasteiger partial charge in [0.15, 0.2) is 0 Å². The van der Waals surface area contributed by atoms with Crippen molar-refractivity contribution in [1.29, 1.82) is 0 Å². The number of carbonyl (C=O) groups excluding carboxylic acids is 1. The second kappa shape index (κ2) is 6.18. The average molecular weight is 254 g/mol. The Morgan fingerprint density at radius 1 is 1.00 bits per heavy atom. The first-order valence-electron chi connectivity index (χ1n) is 6.90. The van der Waals surface area contributed by atoms with Crippen LogP contribution in [0.5, 0.6) is 0 Å². The summed E-state index contributed by atoms with van der Waals surface area (Å²) in [6.45, 7) is 3.39. The summed E-state index contributed by atoms with van der Waals surface area (Å²) in [7, 11) is 0. The van der Waals surface area contributed by atoms with Crippen molar-refractivity contribution in [2.45, 2.75) is 32.1 Å². The molecular weight excluding hydrogens is 232 g/mol. The van der Waals surface area contributed by atoms with Crippen LogP contribution in [0.1, 0.15) is 32.1 Å². The Bertz CT molecular complexity index is 305. The summed E-state index contributed by atoms with van der Waals surface area (Å²) in [6, 6.07) is 0. The average Bonchev–Trinajstić information content (AvgIpc) is 2.39. The van der Waals surface area contributed by atoms with Crippen LogP contribution in [0.3, 0.4) is 0 Å². The maximum Gasteiger partial charge on any atom is 0.317 e. The van der Waals surface area contributed by atoms with Gasteiger partial charge in [0.1, 0.15) is 0 Å². The summed E-state index contributed by atoms with van der Waals surface area (Å²) >= 11 is 0. The van der Waals surface area contributed by atoms with E-state index < -0.39 is 5.97 Å². The Morgan fingerprint density at radius 2 is 1.61 bits per heavy atom. The molecule has 0 bridgehead atoms. The van der Waals surface area contributed by atoms with E-state index in [4.69, 9.17) is 5.11 Å². The molecular formula is C13H22N2O3. The molecule has 5 nitrogen and oxygen atoms in total. The van der Waals surface area contributed by atoms with Crippen LogP contribution < -0.4 is 0 Å². The lowest BCUT2D eigenvalue weighted by molar-refractivity contribution is -0.140. The Labute approximate surface area is 108 Å². The largest absolute Gasteiger partial charge is 0.480 e. The van der Waals surface area contributed by atoms with Crippen LogP contribution in [0.2, 0.25) is 0 Å². The van der Waals surface area contributed by atoms with Crippen molar-refractivity contribution in [3.8, 4) is 0 Å². The van der Waals surface area contributed by atoms with Gasteiger partial charge in [-0.3, -0.25) is 14.5 Å². The van der Waals surface area contributed by atoms with Gasteiger partial charge in [-0.15, -0.1) is 0 Å². The van der Waals surface area contributed by atoms with Crippen LogP contribution in [0.4, 0.5) is 0 Å². The standard InChI is InChI=1S/C13H22N2O3/c16-12(17)10-14-8-4-11(5-9-14)13(18)15-6-2-1-3-7-15/h11H,1-10H2,(H,16,17). The molecule has 2 saturated heterocycles. The molecule has 102 valence electrons. The minimum Gasteiger partial charge on any atom is -0.480 e. The van der Waals surface area contributed by atoms with Crippen LogP contribution in [0.15, 0.2) is 0 Å². The molecule has 0 spiro atoms. The summed E-state index contributed by atoms with van der Waals surface area (Å²) in [5.74, 6) is -0.367. The maximum absolute atomic E-state index is 12.3. The number of carboxylic acid groups (broad SMARTS) is 1. The number of amides is 1. The van der Waals surface area contributed by atoms with Crippen molar-refractivity contribution < 1.29 is 14.7 Å². The first-order chi connectivity index (χ1) is 8.66. The SMILES string of the molecule is O=C(O)CN1CCC(C(=O)N2CCCCC2)CC1. The van der Waals surface area contributed by atoms with Gasteiger partial charge in [0, 0.05) is 19.0 Å². The lowest BCUT2D eigenvalue weighted by atomic mass is 9.94. The fourth-order valence-corrected chi connectivity index (χ4v) is 2.90. The van der Waals surface area contributed by atoms with Crippen LogP contribution in [0, 0.1) is 5.92 Å². The third kappa shape index (κ3) is 3.45. The van der Waals surface area contributed by atoms with E-state index in [1.54, 1.807) is 0 Å². The molecule has 0 aromatic rings. The van der Waals surface area contributed by atoms with E-state index in [-0.39, 0.29) is 12.5 Å². The molecule has 0 aromatic heterocycles. The number of aliphatic carboxylic acids is 1. The Morgan fingerprint density at radius 3 is 2.17 bits per heavy atom. The van der Waals surface area contributed by atoms with E-state index in [0.717, 1.165) is 51.9 Å². The molecule has 2 aliphatic heterocycles. The van der Waals surface area contributed by atoms with Gasteiger partial charge in [0.2, 0.25) is 5.91 Å². The summed E-state index contributed by atoms with van der Waals surface area (Å²) < 4.78 is 0. The van der Waals surface area contributed by atoms with Gasteiger partial charge >= 0.3 is 5.97 Å². The third-order valence-corrected chi connectivity index (χ3v) is 3.96. The van der Waals surface area contributed by atoms with Gasteiger partial charge in [0.05, 0.1) is 6.54 Å². The first kappa shape index (κ1) is 13.3. The highest BCUT2D eigenvalue weighted by molar-refractivity contribution is 5.79. The molecule has 0 atom stereocenters. The second-order valence-electron chi connectivity index (χ2n) is 5.33. The quantitative estimate of drug-likeness (QED) is 0.809. The fourth-order valence-electron chi connectivity index (χ4n) is 2.90. The van der Waals surface area contributed by atoms with Crippen molar-refractivity contribution in [1.82, 2.24) is 9.80 Å². The van der Waals surface area contributed by atoms with Gasteiger partial charge in [-0.05, 0) is 45.2 Å². The van der Waals surface area contributed by atoms with Crippen molar-refractivity contribution in [2.24, 2.45) is 5.92 Å². The second-order valence-corrected chi connectivity index (χ2v) is 5.33. The highest BCUT2D eigenvalue weighted by atomic mass is 16.4. The Balaban J connectivity index is 1.78. The third-order valence-electron chi connectivity index (χ3n) is 3.96. The molecule has 2 heterocycles. The van der Waals surface area contributed by atoms with Crippen LogP contribution in [0.25, 0.3) is 0 Å². The predicted octanol–water partition coefficient (Wildman–Crippen LogP) is 0.795. The summed E-state index contributed by atoms with van der Waals surface area (Å²) in [5.41, 5.74) is 0. The van der Waals surface area contributed by atoms with E-state index >= 15 is 0 Å². The number of carbonyl (C=O) groups is 2. The van der Waals surface area contributed by atoms with Crippen molar-refractivity contribution in [3.05, 3.63) is 0 Å². The predicted molar refractivity (Wildman–Crippen MR) is 67.2 cm³/mol. The smallest absolute Gasteiger partial charge is 0.317 e. The zero-order valence-electron chi connectivity index (χ0n) is 10.8. The van der Waals surface area contributed by atoms with E-state index in [1.807, 2.05) is 9.80 Å². The van der Waals surface area contributed by atoms with Gasteiger partial charge in [-0.2, -0.15) is 0 Å². The van der Waals surface area contributed by atoms with Gasteiger partial charge < -0.3 is 10.0 Å². The summed E-state index contributed by atoms with van der Waals surface area (Å²) in [4.78, 5) is 26.8. The van der Waals surface area contributed by atoms with E-state index in [1.165, 1.54) is 6.42 Å². The van der Waals surface area contributed by atoms with Crippen LogP contribution >= 0.6 is 0 Å². The van der Waals surface area contributed by atoms with Crippen molar-refractivity contribution in [2.75, 3.05) is 32.7 Å². The van der Waals surface area contributed by atoms with Gasteiger partial charge in [-0.25, -0.2) is 0 Å². The van der Waals surface area contributed by atoms with E-state index in [9.17, 15) is 9.59 Å². The molecule has 18 heavy (non-hydrogen) atoms. The first-order valence-corrected chi connectivity index (χ1v) is 6.90. The maximum atomic E-state index is 12.3. The number of hydrogen-bond donors (Lipinski definition) is 1. The number of rotatable bonds is 3. The summed E-state index contributed by atoms with van der Waals surface area (Å²) in [5, 5.41) is 8.73. The zero-order valence-corrected chi connectivity index (χ0v) is 10.8. The number of likely N-dealkylation sites (tertiary alicyclic amines) is 2. The molecule has 2 rings (SSSR count). The highest BCUT2D eigenvalue weighted by Gasteiger charge is 2.29. The molecule has 0 aliphatic carbocycles. The van der Waals surface area contributed by atoms with E-state index in [2.05, 4.69) is 0 Å². The molecule has 0 unspecified atom stereocenters. The number of hydrogen-bond acceptors (Lipinski definition) is 3. The van der Waals surface area contributed by atoms with Gasteiger partial charge in [0.25, 0.3) is 0 Å². The lowest BCUT2D eigenvalue weighted by Crippen LogP contribution is -2.45.